The summed E-state index contributed by atoms with van der Waals surface area (Å²) in [6.07, 6.45) is 0. The van der Waals surface area contributed by atoms with Crippen molar-refractivity contribution >= 4 is 15.5 Å². The number of ether oxygens (including phenoxy) is 1. The van der Waals surface area contributed by atoms with Crippen molar-refractivity contribution < 1.29 is 30.7 Å². The first-order valence-corrected chi connectivity index (χ1v) is 6.94. The lowest BCUT2D eigenvalue weighted by Crippen LogP contribution is -2.27. The number of alkyl halides is 3. The molecule has 1 atom stereocenters. The number of benzene rings is 1. The van der Waals surface area contributed by atoms with Gasteiger partial charge in [0.2, 0.25) is 0 Å². The third-order valence-corrected chi connectivity index (χ3v) is 3.88. The molecule has 0 aliphatic carbocycles. The normalized spacial score (nSPS) is 14.1. The molecule has 1 aromatic carbocycles. The van der Waals surface area contributed by atoms with E-state index in [0.29, 0.717) is 6.07 Å². The zero-order chi connectivity index (χ0) is 15.6. The van der Waals surface area contributed by atoms with E-state index in [4.69, 9.17) is 4.74 Å². The Labute approximate surface area is 113 Å². The Kier molecular flexibility index (Phi) is 4.98. The van der Waals surface area contributed by atoms with Crippen LogP contribution >= 0.6 is 0 Å². The highest BCUT2D eigenvalue weighted by atomic mass is 32.2. The topological polar surface area (TPSA) is 55.4 Å². The molecule has 0 radical (unpaired) electrons. The number of nitrogens with one attached hydrogen (secondary N) is 1. The summed E-state index contributed by atoms with van der Waals surface area (Å²) in [5.41, 5.74) is -5.82. The minimum Gasteiger partial charge on any atom is -0.383 e. The molecule has 0 amide bonds. The second-order valence-electron chi connectivity index (χ2n) is 4.09. The fourth-order valence-electron chi connectivity index (χ4n) is 1.52. The Balaban J connectivity index is 3.29. The molecule has 0 heterocycles. The van der Waals surface area contributed by atoms with E-state index >= 15 is 0 Å². The number of anilines is 1. The molecule has 0 aliphatic heterocycles. The van der Waals surface area contributed by atoms with Crippen molar-refractivity contribution in [3.05, 3.63) is 24.0 Å². The summed E-state index contributed by atoms with van der Waals surface area (Å²) in [6.45, 7) is 1.72. The zero-order valence-corrected chi connectivity index (χ0v) is 11.5. The number of halogens is 4. The third-order valence-electron chi connectivity index (χ3n) is 2.36. The highest BCUT2D eigenvalue weighted by molar-refractivity contribution is 7.92. The number of hydrogen-bond acceptors (Lipinski definition) is 4. The number of sulfone groups is 1. The van der Waals surface area contributed by atoms with Crippen LogP contribution < -0.4 is 5.32 Å². The van der Waals surface area contributed by atoms with Gasteiger partial charge >= 0.3 is 5.51 Å². The second-order valence-corrected chi connectivity index (χ2v) is 6.00. The van der Waals surface area contributed by atoms with Gasteiger partial charge in [-0.1, -0.05) is 0 Å². The maximum absolute atomic E-state index is 13.1. The molecule has 0 fully saturated rings. The van der Waals surface area contributed by atoms with Crippen LogP contribution in [0.4, 0.5) is 23.2 Å². The molecule has 0 aliphatic rings. The lowest BCUT2D eigenvalue weighted by molar-refractivity contribution is -0.0435. The maximum Gasteiger partial charge on any atom is 0.501 e. The van der Waals surface area contributed by atoms with Gasteiger partial charge in [0.15, 0.2) is 0 Å². The summed E-state index contributed by atoms with van der Waals surface area (Å²) in [6, 6.07) is 1.70. The third kappa shape index (κ3) is 3.60. The SMILES string of the molecule is COCC(C)Nc1ccc(F)cc1S(=O)(=O)C(F)(F)F. The van der Waals surface area contributed by atoms with E-state index < -0.39 is 32.1 Å². The number of methoxy groups -OCH3 is 1. The van der Waals surface area contributed by atoms with Gasteiger partial charge in [-0.15, -0.1) is 0 Å². The van der Waals surface area contributed by atoms with Crippen molar-refractivity contribution in [2.75, 3.05) is 19.0 Å². The molecule has 0 saturated heterocycles. The van der Waals surface area contributed by atoms with Crippen molar-refractivity contribution in [2.24, 2.45) is 0 Å². The lowest BCUT2D eigenvalue weighted by Gasteiger charge is -2.18. The van der Waals surface area contributed by atoms with Crippen molar-refractivity contribution in [1.82, 2.24) is 0 Å². The minimum atomic E-state index is -5.63. The summed E-state index contributed by atoms with van der Waals surface area (Å²) in [7, 11) is -4.25. The second kappa shape index (κ2) is 5.96. The average molecular weight is 315 g/mol. The van der Waals surface area contributed by atoms with Gasteiger partial charge in [-0.2, -0.15) is 13.2 Å². The average Bonchev–Trinajstić information content (AvgIpc) is 2.30. The molecule has 0 bridgehead atoms. The van der Waals surface area contributed by atoms with Crippen molar-refractivity contribution in [1.29, 1.82) is 0 Å². The summed E-state index contributed by atoms with van der Waals surface area (Å²) < 4.78 is 78.3. The monoisotopic (exact) mass is 315 g/mol. The molecule has 9 heteroatoms. The number of hydrogen-bond donors (Lipinski definition) is 1. The van der Waals surface area contributed by atoms with Gasteiger partial charge < -0.3 is 10.1 Å². The van der Waals surface area contributed by atoms with E-state index in [9.17, 15) is 26.0 Å². The van der Waals surface area contributed by atoms with Crippen LogP contribution in [0, 0.1) is 5.82 Å². The first-order chi connectivity index (χ1) is 9.09. The molecule has 20 heavy (non-hydrogen) atoms. The highest BCUT2D eigenvalue weighted by Crippen LogP contribution is 2.35. The lowest BCUT2D eigenvalue weighted by atomic mass is 10.2. The summed E-state index contributed by atoms with van der Waals surface area (Å²) in [5, 5.41) is 2.55. The summed E-state index contributed by atoms with van der Waals surface area (Å²) >= 11 is 0. The Morgan fingerprint density at radius 1 is 1.35 bits per heavy atom. The van der Waals surface area contributed by atoms with Crippen LogP contribution in [0.1, 0.15) is 6.92 Å². The molecule has 1 N–H and O–H groups in total. The van der Waals surface area contributed by atoms with E-state index in [1.54, 1.807) is 6.92 Å². The quantitative estimate of drug-likeness (QED) is 0.849. The van der Waals surface area contributed by atoms with Gasteiger partial charge in [-0.25, -0.2) is 12.8 Å². The molecular weight excluding hydrogens is 302 g/mol. The molecule has 1 unspecified atom stereocenters. The fourth-order valence-corrected chi connectivity index (χ4v) is 2.45. The van der Waals surface area contributed by atoms with Crippen LogP contribution in [-0.4, -0.2) is 33.7 Å². The molecular formula is C11H13F4NO3S. The van der Waals surface area contributed by atoms with Crippen LogP contribution in [0.5, 0.6) is 0 Å². The molecule has 1 rings (SSSR count). The predicted octanol–water partition coefficient (Wildman–Crippen LogP) is 2.57. The Morgan fingerprint density at radius 3 is 2.45 bits per heavy atom. The Bertz CT molecular complexity index is 572. The first-order valence-electron chi connectivity index (χ1n) is 5.46. The maximum atomic E-state index is 13.1. The van der Waals surface area contributed by atoms with Crippen LogP contribution in [0.15, 0.2) is 23.1 Å². The van der Waals surface area contributed by atoms with Crippen LogP contribution in [0.2, 0.25) is 0 Å². The molecule has 0 saturated carbocycles. The molecule has 4 nitrogen and oxygen atoms in total. The van der Waals surface area contributed by atoms with Crippen LogP contribution in [-0.2, 0) is 14.6 Å². The van der Waals surface area contributed by atoms with E-state index in [2.05, 4.69) is 5.32 Å². The van der Waals surface area contributed by atoms with Gasteiger partial charge in [0.25, 0.3) is 9.84 Å². The highest BCUT2D eigenvalue weighted by Gasteiger charge is 2.48. The van der Waals surface area contributed by atoms with Gasteiger partial charge in [-0.3, -0.25) is 0 Å². The molecule has 0 aromatic heterocycles. The Hall–Kier alpha value is -1.35. The van der Waals surface area contributed by atoms with Crippen LogP contribution in [0.25, 0.3) is 0 Å². The van der Waals surface area contributed by atoms with Gasteiger partial charge in [0.05, 0.1) is 12.3 Å². The van der Waals surface area contributed by atoms with Crippen LogP contribution in [0.3, 0.4) is 0 Å². The van der Waals surface area contributed by atoms with Crippen molar-refractivity contribution in [2.45, 2.75) is 23.4 Å². The van der Waals surface area contributed by atoms with Gasteiger partial charge in [0.1, 0.15) is 10.7 Å². The smallest absolute Gasteiger partial charge is 0.383 e. The predicted molar refractivity (Wildman–Crippen MR) is 64.6 cm³/mol. The number of rotatable bonds is 5. The van der Waals surface area contributed by atoms with Gasteiger partial charge in [-0.05, 0) is 25.1 Å². The Morgan fingerprint density at radius 2 is 1.95 bits per heavy atom. The van der Waals surface area contributed by atoms with E-state index in [1.165, 1.54) is 7.11 Å². The zero-order valence-electron chi connectivity index (χ0n) is 10.7. The molecule has 0 spiro atoms. The minimum absolute atomic E-state index is 0.142. The van der Waals surface area contributed by atoms with E-state index in [1.807, 2.05) is 0 Å². The molecule has 1 aromatic rings. The molecule has 114 valence electrons. The summed E-state index contributed by atoms with van der Waals surface area (Å²) in [5.74, 6) is -1.07. The van der Waals surface area contributed by atoms with Crippen molar-refractivity contribution in [3.8, 4) is 0 Å². The largest absolute Gasteiger partial charge is 0.501 e. The van der Waals surface area contributed by atoms with E-state index in [0.717, 1.165) is 12.1 Å². The van der Waals surface area contributed by atoms with E-state index in [-0.39, 0.29) is 12.3 Å². The van der Waals surface area contributed by atoms with Gasteiger partial charge in [0, 0.05) is 13.2 Å². The fraction of sp³-hybridized carbons (Fsp3) is 0.455. The summed E-state index contributed by atoms with van der Waals surface area (Å²) in [4.78, 5) is -1.15. The standard InChI is InChI=1S/C11H13F4NO3S/c1-7(6-19-2)16-9-4-3-8(12)5-10(9)20(17,18)11(13,14)15/h3-5,7,16H,6H2,1-2H3. The van der Waals surface area contributed by atoms with Crippen molar-refractivity contribution in [3.63, 3.8) is 0 Å². The first kappa shape index (κ1) is 16.7.